The van der Waals surface area contributed by atoms with Crippen LogP contribution in [0.4, 0.5) is 0 Å². The number of aryl methyl sites for hydroxylation is 2. The minimum absolute atomic E-state index is 0.267. The summed E-state index contributed by atoms with van der Waals surface area (Å²) in [5.74, 6) is 0.617. The standard InChI is InChI=1S/C11H14ClN5/c1-7-8(10(12)17(2)16-7)6-9(13)11-14-4-3-5-15-11/h3-5,9H,6,13H2,1-2H3. The monoisotopic (exact) mass is 251 g/mol. The highest BCUT2D eigenvalue weighted by atomic mass is 35.5. The normalized spacial score (nSPS) is 12.7. The molecule has 0 aliphatic heterocycles. The number of nitrogens with zero attached hydrogens (tertiary/aromatic N) is 4. The van der Waals surface area contributed by atoms with Crippen LogP contribution in [0.5, 0.6) is 0 Å². The van der Waals surface area contributed by atoms with Gasteiger partial charge < -0.3 is 5.73 Å². The zero-order valence-corrected chi connectivity index (χ0v) is 10.5. The van der Waals surface area contributed by atoms with Gasteiger partial charge >= 0.3 is 0 Å². The molecular weight excluding hydrogens is 238 g/mol. The average molecular weight is 252 g/mol. The minimum Gasteiger partial charge on any atom is -0.321 e. The first-order valence-corrected chi connectivity index (χ1v) is 5.68. The van der Waals surface area contributed by atoms with Gasteiger partial charge in [-0.3, -0.25) is 4.68 Å². The number of hydrogen-bond donors (Lipinski definition) is 1. The molecule has 1 unspecified atom stereocenters. The van der Waals surface area contributed by atoms with Gasteiger partial charge in [0.2, 0.25) is 0 Å². The van der Waals surface area contributed by atoms with E-state index in [-0.39, 0.29) is 6.04 Å². The molecule has 0 aromatic carbocycles. The molecule has 2 heterocycles. The van der Waals surface area contributed by atoms with E-state index >= 15 is 0 Å². The minimum atomic E-state index is -0.267. The predicted molar refractivity (Wildman–Crippen MR) is 65.6 cm³/mol. The highest BCUT2D eigenvalue weighted by Crippen LogP contribution is 2.23. The summed E-state index contributed by atoms with van der Waals surface area (Å²) in [6.45, 7) is 1.92. The SMILES string of the molecule is Cc1nn(C)c(Cl)c1CC(N)c1ncccn1. The molecule has 0 aliphatic carbocycles. The molecule has 2 rings (SSSR count). The van der Waals surface area contributed by atoms with Gasteiger partial charge in [0.1, 0.15) is 11.0 Å². The number of rotatable bonds is 3. The lowest BCUT2D eigenvalue weighted by Gasteiger charge is -2.09. The fourth-order valence-electron chi connectivity index (χ4n) is 1.72. The first-order valence-electron chi connectivity index (χ1n) is 5.30. The van der Waals surface area contributed by atoms with Crippen LogP contribution in [0.15, 0.2) is 18.5 Å². The Labute approximate surface area is 105 Å². The maximum absolute atomic E-state index is 6.15. The third-order valence-corrected chi connectivity index (χ3v) is 3.08. The fraction of sp³-hybridized carbons (Fsp3) is 0.364. The van der Waals surface area contributed by atoms with Gasteiger partial charge in [0.15, 0.2) is 0 Å². The highest BCUT2D eigenvalue weighted by molar-refractivity contribution is 6.30. The summed E-state index contributed by atoms with van der Waals surface area (Å²) < 4.78 is 1.64. The van der Waals surface area contributed by atoms with Gasteiger partial charge in [0.25, 0.3) is 0 Å². The second-order valence-corrected chi connectivity index (χ2v) is 4.25. The predicted octanol–water partition coefficient (Wildman–Crippen LogP) is 1.41. The summed E-state index contributed by atoms with van der Waals surface area (Å²) in [6, 6.07) is 1.50. The van der Waals surface area contributed by atoms with Gasteiger partial charge in [-0.15, -0.1) is 0 Å². The molecule has 90 valence electrons. The summed E-state index contributed by atoms with van der Waals surface area (Å²) in [5, 5.41) is 4.87. The van der Waals surface area contributed by atoms with Crippen LogP contribution in [0.2, 0.25) is 5.15 Å². The summed E-state index contributed by atoms with van der Waals surface area (Å²) in [7, 11) is 1.81. The molecule has 2 aromatic rings. The fourth-order valence-corrected chi connectivity index (χ4v) is 1.97. The van der Waals surface area contributed by atoms with Crippen LogP contribution in [0.1, 0.15) is 23.1 Å². The second kappa shape index (κ2) is 4.81. The Hall–Kier alpha value is -1.46. The summed E-state index contributed by atoms with van der Waals surface area (Å²) in [5.41, 5.74) is 7.90. The average Bonchev–Trinajstić information content (AvgIpc) is 2.57. The lowest BCUT2D eigenvalue weighted by Crippen LogP contribution is -2.16. The van der Waals surface area contributed by atoms with Crippen molar-refractivity contribution in [1.29, 1.82) is 0 Å². The van der Waals surface area contributed by atoms with Gasteiger partial charge in [0, 0.05) is 25.0 Å². The molecule has 0 spiro atoms. The largest absolute Gasteiger partial charge is 0.321 e. The van der Waals surface area contributed by atoms with E-state index in [1.165, 1.54) is 0 Å². The Morgan fingerprint density at radius 2 is 2.06 bits per heavy atom. The lowest BCUT2D eigenvalue weighted by molar-refractivity contribution is 0.664. The van der Waals surface area contributed by atoms with Crippen LogP contribution in [0.3, 0.4) is 0 Å². The number of nitrogens with two attached hydrogens (primary N) is 1. The number of halogens is 1. The molecule has 0 aliphatic rings. The van der Waals surface area contributed by atoms with E-state index in [1.54, 1.807) is 23.1 Å². The maximum atomic E-state index is 6.15. The van der Waals surface area contributed by atoms with Crippen molar-refractivity contribution in [2.24, 2.45) is 12.8 Å². The molecule has 6 heteroatoms. The van der Waals surface area contributed by atoms with Crippen molar-refractivity contribution in [3.63, 3.8) is 0 Å². The zero-order valence-electron chi connectivity index (χ0n) is 9.76. The molecule has 0 fully saturated rings. The van der Waals surface area contributed by atoms with E-state index in [2.05, 4.69) is 15.1 Å². The Morgan fingerprint density at radius 3 is 2.59 bits per heavy atom. The van der Waals surface area contributed by atoms with E-state index in [4.69, 9.17) is 17.3 Å². The molecule has 1 atom stereocenters. The van der Waals surface area contributed by atoms with E-state index < -0.39 is 0 Å². The Bertz CT molecular complexity index is 508. The third kappa shape index (κ3) is 2.45. The van der Waals surface area contributed by atoms with Gasteiger partial charge in [-0.25, -0.2) is 9.97 Å². The van der Waals surface area contributed by atoms with Gasteiger partial charge in [-0.2, -0.15) is 5.10 Å². The number of hydrogen-bond acceptors (Lipinski definition) is 4. The van der Waals surface area contributed by atoms with Crippen molar-refractivity contribution in [2.45, 2.75) is 19.4 Å². The van der Waals surface area contributed by atoms with Crippen LogP contribution in [-0.4, -0.2) is 19.7 Å². The lowest BCUT2D eigenvalue weighted by atomic mass is 10.1. The first-order chi connectivity index (χ1) is 8.09. The third-order valence-electron chi connectivity index (χ3n) is 2.61. The molecule has 17 heavy (non-hydrogen) atoms. The second-order valence-electron chi connectivity index (χ2n) is 3.90. The molecule has 0 saturated carbocycles. The summed E-state index contributed by atoms with van der Waals surface area (Å²) in [4.78, 5) is 8.27. The van der Waals surface area contributed by atoms with E-state index in [1.807, 2.05) is 14.0 Å². The van der Waals surface area contributed by atoms with Gasteiger partial charge in [-0.05, 0) is 19.4 Å². The molecule has 0 amide bonds. The van der Waals surface area contributed by atoms with Crippen LogP contribution < -0.4 is 5.73 Å². The molecule has 5 nitrogen and oxygen atoms in total. The van der Waals surface area contributed by atoms with Gasteiger partial charge in [0.05, 0.1) is 11.7 Å². The van der Waals surface area contributed by atoms with Crippen molar-refractivity contribution in [3.05, 3.63) is 40.7 Å². The van der Waals surface area contributed by atoms with Crippen LogP contribution in [-0.2, 0) is 13.5 Å². The van der Waals surface area contributed by atoms with Crippen molar-refractivity contribution < 1.29 is 0 Å². The van der Waals surface area contributed by atoms with Crippen molar-refractivity contribution in [3.8, 4) is 0 Å². The Balaban J connectivity index is 2.22. The highest BCUT2D eigenvalue weighted by Gasteiger charge is 2.17. The van der Waals surface area contributed by atoms with Crippen LogP contribution >= 0.6 is 11.6 Å². The quantitative estimate of drug-likeness (QED) is 0.896. The number of aromatic nitrogens is 4. The van der Waals surface area contributed by atoms with Crippen LogP contribution in [0.25, 0.3) is 0 Å². The molecule has 0 saturated heterocycles. The summed E-state index contributed by atoms with van der Waals surface area (Å²) in [6.07, 6.45) is 3.95. The smallest absolute Gasteiger partial charge is 0.145 e. The van der Waals surface area contributed by atoms with E-state index in [0.29, 0.717) is 17.4 Å². The van der Waals surface area contributed by atoms with Crippen LogP contribution in [0, 0.1) is 6.92 Å². The summed E-state index contributed by atoms with van der Waals surface area (Å²) >= 11 is 6.15. The first kappa shape index (κ1) is 12.0. The van der Waals surface area contributed by atoms with E-state index in [9.17, 15) is 0 Å². The molecule has 2 aromatic heterocycles. The zero-order chi connectivity index (χ0) is 12.4. The van der Waals surface area contributed by atoms with Gasteiger partial charge in [-0.1, -0.05) is 11.6 Å². The Kier molecular flexibility index (Phi) is 3.40. The van der Waals surface area contributed by atoms with Crippen molar-refractivity contribution in [2.75, 3.05) is 0 Å². The molecule has 2 N–H and O–H groups in total. The van der Waals surface area contributed by atoms with E-state index in [0.717, 1.165) is 11.3 Å². The molecule has 0 bridgehead atoms. The maximum Gasteiger partial charge on any atom is 0.145 e. The van der Waals surface area contributed by atoms with Crippen molar-refractivity contribution >= 4 is 11.6 Å². The Morgan fingerprint density at radius 1 is 1.41 bits per heavy atom. The van der Waals surface area contributed by atoms with Crippen molar-refractivity contribution in [1.82, 2.24) is 19.7 Å². The molecular formula is C11H14ClN5. The topological polar surface area (TPSA) is 69.6 Å². The molecule has 0 radical (unpaired) electrons.